The fourth-order valence-electron chi connectivity index (χ4n) is 0.884. The highest BCUT2D eigenvalue weighted by Crippen LogP contribution is 2.19. The lowest BCUT2D eigenvalue weighted by atomic mass is 10.3. The summed E-state index contributed by atoms with van der Waals surface area (Å²) in [5, 5.41) is 1.94. The molecular weight excluding hydrogens is 209 g/mol. The monoisotopic (exact) mass is 214 g/mol. The summed E-state index contributed by atoms with van der Waals surface area (Å²) in [6.45, 7) is 5.86. The Bertz CT molecular complexity index is 440. The van der Waals surface area contributed by atoms with Crippen LogP contribution in [0.4, 0.5) is 18.9 Å². The molecule has 0 aliphatic heterocycles. The minimum absolute atomic E-state index is 0.484. The molecule has 0 unspecified atom stereocenters. The molecule has 6 heteroatoms. The molecule has 3 nitrogen and oxygen atoms in total. The van der Waals surface area contributed by atoms with Gasteiger partial charge < -0.3 is 10.2 Å². The molecule has 0 heterocycles. The van der Waals surface area contributed by atoms with Crippen molar-refractivity contribution in [2.24, 2.45) is 0 Å². The lowest BCUT2D eigenvalue weighted by Gasteiger charge is -2.03. The molecule has 0 saturated carbocycles. The molecule has 1 aromatic carbocycles. The minimum Gasteiger partial charge on any atom is -0.317 e. The molecule has 0 aliphatic rings. The van der Waals surface area contributed by atoms with Gasteiger partial charge in [0, 0.05) is 0 Å². The largest absolute Gasteiger partial charge is 0.317 e. The number of hydrogen-bond donors (Lipinski definition) is 1. The average molecular weight is 214 g/mol. The number of anilines is 1. The van der Waals surface area contributed by atoms with Crippen molar-refractivity contribution in [1.29, 1.82) is 0 Å². The molecule has 0 atom stereocenters. The van der Waals surface area contributed by atoms with Gasteiger partial charge in [-0.3, -0.25) is 4.79 Å². The third kappa shape index (κ3) is 2.47. The second-order valence-electron chi connectivity index (χ2n) is 2.59. The van der Waals surface area contributed by atoms with E-state index in [4.69, 9.17) is 6.57 Å². The van der Waals surface area contributed by atoms with Crippen LogP contribution in [0.5, 0.6) is 0 Å². The van der Waals surface area contributed by atoms with Crippen LogP contribution >= 0.6 is 0 Å². The van der Waals surface area contributed by atoms with E-state index in [1.165, 1.54) is 0 Å². The van der Waals surface area contributed by atoms with Gasteiger partial charge in [-0.25, -0.2) is 19.7 Å². The summed E-state index contributed by atoms with van der Waals surface area (Å²) in [6.07, 6.45) is 0. The molecule has 0 saturated heterocycles. The predicted molar refractivity (Wildman–Crippen MR) is 46.4 cm³/mol. The van der Waals surface area contributed by atoms with Crippen molar-refractivity contribution in [3.63, 3.8) is 0 Å². The van der Waals surface area contributed by atoms with Gasteiger partial charge in [0.25, 0.3) is 6.54 Å². The number of nitrogens with one attached hydrogen (secondary N) is 1. The second kappa shape index (κ2) is 4.46. The number of hydrogen-bond acceptors (Lipinski definition) is 1. The summed E-state index contributed by atoms with van der Waals surface area (Å²) >= 11 is 0. The fraction of sp³-hybridized carbons (Fsp3) is 0.111. The standard InChI is InChI=1S/C9H5F3N2O/c1-13-4-7(15)14-6-3-2-5(10)8(11)9(6)12/h2-3H,4H2,(H,14,15). The quantitative estimate of drug-likeness (QED) is 0.592. The summed E-state index contributed by atoms with van der Waals surface area (Å²) in [4.78, 5) is 13.6. The van der Waals surface area contributed by atoms with Crippen molar-refractivity contribution in [3.8, 4) is 0 Å². The van der Waals surface area contributed by atoms with Crippen LogP contribution in [0.3, 0.4) is 0 Å². The highest BCUT2D eigenvalue weighted by molar-refractivity contribution is 5.93. The van der Waals surface area contributed by atoms with E-state index < -0.39 is 35.6 Å². The third-order valence-electron chi connectivity index (χ3n) is 1.53. The van der Waals surface area contributed by atoms with Crippen molar-refractivity contribution in [3.05, 3.63) is 41.0 Å². The Kier molecular flexibility index (Phi) is 3.29. The van der Waals surface area contributed by atoms with Crippen LogP contribution in [0, 0.1) is 24.0 Å². The maximum Gasteiger partial charge on any atom is 0.304 e. The minimum atomic E-state index is -1.66. The molecule has 78 valence electrons. The van der Waals surface area contributed by atoms with Crippen molar-refractivity contribution >= 4 is 11.6 Å². The first-order valence-corrected chi connectivity index (χ1v) is 3.83. The molecule has 1 amide bonds. The molecule has 1 N–H and O–H groups in total. The van der Waals surface area contributed by atoms with E-state index in [0.717, 1.165) is 6.07 Å². The van der Waals surface area contributed by atoms with E-state index in [1.54, 1.807) is 0 Å². The van der Waals surface area contributed by atoms with Crippen LogP contribution in [0.1, 0.15) is 0 Å². The van der Waals surface area contributed by atoms with Crippen LogP contribution in [0.25, 0.3) is 4.85 Å². The van der Waals surface area contributed by atoms with Crippen molar-refractivity contribution in [2.45, 2.75) is 0 Å². The molecule has 1 rings (SSSR count). The zero-order valence-corrected chi connectivity index (χ0v) is 7.35. The molecule has 0 aromatic heterocycles. The Balaban J connectivity index is 2.93. The molecule has 0 fully saturated rings. The highest BCUT2D eigenvalue weighted by atomic mass is 19.2. The van der Waals surface area contributed by atoms with E-state index >= 15 is 0 Å². The van der Waals surface area contributed by atoms with Gasteiger partial charge in [-0.1, -0.05) is 0 Å². The number of carbonyl (C=O) groups excluding carboxylic acids is 1. The van der Waals surface area contributed by atoms with Crippen LogP contribution in [0.2, 0.25) is 0 Å². The van der Waals surface area contributed by atoms with Gasteiger partial charge >= 0.3 is 5.91 Å². The number of benzene rings is 1. The molecule has 0 bridgehead atoms. The van der Waals surface area contributed by atoms with Gasteiger partial charge in [0.2, 0.25) is 0 Å². The molecule has 0 spiro atoms. The zero-order valence-electron chi connectivity index (χ0n) is 7.35. The topological polar surface area (TPSA) is 33.5 Å². The Morgan fingerprint density at radius 3 is 2.60 bits per heavy atom. The molecule has 0 radical (unpaired) electrons. The summed E-state index contributed by atoms with van der Waals surface area (Å²) < 4.78 is 38.1. The summed E-state index contributed by atoms with van der Waals surface area (Å²) in [5.74, 6) is -5.26. The van der Waals surface area contributed by atoms with Gasteiger partial charge in [0.15, 0.2) is 17.5 Å². The maximum atomic E-state index is 13.0. The summed E-state index contributed by atoms with van der Waals surface area (Å²) in [5.41, 5.74) is -0.484. The number of carbonyl (C=O) groups is 1. The van der Waals surface area contributed by atoms with Crippen molar-refractivity contribution in [2.75, 3.05) is 11.9 Å². The van der Waals surface area contributed by atoms with Gasteiger partial charge in [-0.2, -0.15) is 0 Å². The predicted octanol–water partition coefficient (Wildman–Crippen LogP) is 1.96. The Morgan fingerprint density at radius 2 is 2.00 bits per heavy atom. The van der Waals surface area contributed by atoms with Crippen LogP contribution in [-0.4, -0.2) is 12.5 Å². The summed E-state index contributed by atoms with van der Waals surface area (Å²) in [7, 11) is 0. The molecule has 1 aromatic rings. The lowest BCUT2D eigenvalue weighted by Crippen LogP contribution is -2.15. The maximum absolute atomic E-state index is 13.0. The molecule has 0 aliphatic carbocycles. The highest BCUT2D eigenvalue weighted by Gasteiger charge is 2.15. The van der Waals surface area contributed by atoms with Gasteiger partial charge in [0.05, 0.1) is 5.69 Å². The third-order valence-corrected chi connectivity index (χ3v) is 1.53. The van der Waals surface area contributed by atoms with E-state index in [0.29, 0.717) is 6.07 Å². The molecular formula is C9H5F3N2O. The van der Waals surface area contributed by atoms with Crippen molar-refractivity contribution in [1.82, 2.24) is 0 Å². The lowest BCUT2D eigenvalue weighted by molar-refractivity contribution is -0.114. The Morgan fingerprint density at radius 1 is 1.33 bits per heavy atom. The van der Waals surface area contributed by atoms with E-state index in [-0.39, 0.29) is 0 Å². The Hall–Kier alpha value is -2.03. The second-order valence-corrected chi connectivity index (χ2v) is 2.59. The Labute approximate surface area is 83.3 Å². The first-order valence-electron chi connectivity index (χ1n) is 3.83. The summed E-state index contributed by atoms with van der Waals surface area (Å²) in [6, 6.07) is 1.57. The van der Waals surface area contributed by atoms with Gasteiger partial charge in [-0.15, -0.1) is 0 Å². The van der Waals surface area contributed by atoms with Crippen LogP contribution < -0.4 is 5.32 Å². The van der Waals surface area contributed by atoms with Crippen molar-refractivity contribution < 1.29 is 18.0 Å². The van der Waals surface area contributed by atoms with E-state index in [1.807, 2.05) is 5.32 Å². The average Bonchev–Trinajstić information content (AvgIpc) is 2.20. The van der Waals surface area contributed by atoms with Gasteiger partial charge in [-0.05, 0) is 12.1 Å². The number of halogens is 3. The normalized spacial score (nSPS) is 9.47. The number of rotatable bonds is 2. The van der Waals surface area contributed by atoms with E-state index in [9.17, 15) is 18.0 Å². The van der Waals surface area contributed by atoms with E-state index in [2.05, 4.69) is 4.85 Å². The number of amides is 1. The first kappa shape index (κ1) is 11.0. The van der Waals surface area contributed by atoms with Crippen LogP contribution in [-0.2, 0) is 4.79 Å². The molecule has 15 heavy (non-hydrogen) atoms. The number of nitrogens with zero attached hydrogens (tertiary/aromatic N) is 1. The fourth-order valence-corrected chi connectivity index (χ4v) is 0.884. The zero-order chi connectivity index (χ0) is 11.4. The smallest absolute Gasteiger partial charge is 0.304 e. The van der Waals surface area contributed by atoms with Gasteiger partial charge in [0.1, 0.15) is 0 Å². The first-order chi connectivity index (χ1) is 7.06. The van der Waals surface area contributed by atoms with Crippen LogP contribution in [0.15, 0.2) is 12.1 Å². The SMILES string of the molecule is [C-]#[N+]CC(=O)Nc1ccc(F)c(F)c1F.